The third kappa shape index (κ3) is 3.12. The molecule has 0 saturated heterocycles. The number of allylic oxidation sites excluding steroid dienone is 3. The maximum absolute atomic E-state index is 15.3. The number of pyridine rings is 1. The van der Waals surface area contributed by atoms with E-state index in [1.165, 1.54) is 12.8 Å². The van der Waals surface area contributed by atoms with E-state index in [1.807, 2.05) is 24.5 Å². The topological polar surface area (TPSA) is 46.8 Å². The van der Waals surface area contributed by atoms with Crippen LogP contribution in [0.25, 0.3) is 17.0 Å². The number of hydrogen-bond acceptors (Lipinski definition) is 4. The summed E-state index contributed by atoms with van der Waals surface area (Å²) in [6.45, 7) is 0.641. The lowest BCUT2D eigenvalue weighted by atomic mass is 9.99. The zero-order chi connectivity index (χ0) is 20.1. The fraction of sp³-hybridized carbons (Fsp3) is 0.292. The maximum Gasteiger partial charge on any atom is 0.164 e. The average molecular weight is 399 g/mol. The van der Waals surface area contributed by atoms with Crippen molar-refractivity contribution in [2.45, 2.75) is 31.7 Å². The molecule has 2 aromatic heterocycles. The summed E-state index contributed by atoms with van der Waals surface area (Å²) in [5, 5.41) is 8.50. The minimum absolute atomic E-state index is 0.123. The first-order chi connectivity index (χ1) is 14.8. The second-order valence-electron chi connectivity index (χ2n) is 8.34. The van der Waals surface area contributed by atoms with Crippen LogP contribution in [0.3, 0.4) is 0 Å². The third-order valence-corrected chi connectivity index (χ3v) is 6.11. The summed E-state index contributed by atoms with van der Waals surface area (Å²) in [6.07, 6.45) is 11.5. The van der Waals surface area contributed by atoms with Crippen molar-refractivity contribution < 1.29 is 4.39 Å². The van der Waals surface area contributed by atoms with Gasteiger partial charge in [-0.05, 0) is 67.2 Å². The van der Waals surface area contributed by atoms with Crippen molar-refractivity contribution in [2.75, 3.05) is 11.4 Å². The quantitative estimate of drug-likeness (QED) is 0.594. The molecule has 0 amide bonds. The zero-order valence-corrected chi connectivity index (χ0v) is 16.6. The highest BCUT2D eigenvalue weighted by Gasteiger charge is 2.36. The van der Waals surface area contributed by atoms with Crippen molar-refractivity contribution in [3.8, 4) is 11.4 Å². The van der Waals surface area contributed by atoms with Gasteiger partial charge >= 0.3 is 0 Å². The second-order valence-corrected chi connectivity index (χ2v) is 8.34. The Labute approximate surface area is 174 Å². The van der Waals surface area contributed by atoms with E-state index in [4.69, 9.17) is 0 Å². The minimum atomic E-state index is -0.123. The largest absolute Gasteiger partial charge is 0.338 e. The highest BCUT2D eigenvalue weighted by atomic mass is 19.1. The number of benzene rings is 1. The average Bonchev–Trinajstić information content (AvgIpc) is 3.73. The van der Waals surface area contributed by atoms with Gasteiger partial charge in [-0.2, -0.15) is 0 Å². The Morgan fingerprint density at radius 1 is 0.967 bits per heavy atom. The summed E-state index contributed by atoms with van der Waals surface area (Å²) in [5.41, 5.74) is 4.80. The molecule has 1 aromatic carbocycles. The van der Waals surface area contributed by atoms with Crippen LogP contribution in [0, 0.1) is 5.92 Å². The molecular weight excluding hydrogens is 377 g/mol. The molecule has 2 saturated carbocycles. The molecule has 6 heteroatoms. The standard InChI is InChI=1S/C24H22FN5/c25-22-13-19(16-8-10-26-11-9-16)14-29(23(22)17-4-5-17)21-3-1-2-18(12-21)24-28-27-15-30(24)20-6-7-20/h1-3,8-13,15,17,20H,4-7,14H2. The fourth-order valence-corrected chi connectivity index (χ4v) is 4.28. The molecule has 0 radical (unpaired) electrons. The molecule has 2 fully saturated rings. The van der Waals surface area contributed by atoms with Gasteiger partial charge in [-0.15, -0.1) is 10.2 Å². The molecule has 3 aromatic rings. The molecule has 0 N–H and O–H groups in total. The van der Waals surface area contributed by atoms with Gasteiger partial charge in [-0.1, -0.05) is 12.1 Å². The highest BCUT2D eigenvalue weighted by molar-refractivity contribution is 5.77. The smallest absolute Gasteiger partial charge is 0.164 e. The molecule has 0 atom stereocenters. The number of nitrogens with zero attached hydrogens (tertiary/aromatic N) is 5. The predicted molar refractivity (Wildman–Crippen MR) is 114 cm³/mol. The fourth-order valence-electron chi connectivity index (χ4n) is 4.28. The van der Waals surface area contributed by atoms with E-state index in [0.717, 1.165) is 46.8 Å². The van der Waals surface area contributed by atoms with Gasteiger partial charge < -0.3 is 9.47 Å². The van der Waals surface area contributed by atoms with Gasteiger partial charge in [-0.3, -0.25) is 4.98 Å². The van der Waals surface area contributed by atoms with E-state index in [9.17, 15) is 0 Å². The Morgan fingerprint density at radius 3 is 2.57 bits per heavy atom. The monoisotopic (exact) mass is 399 g/mol. The lowest BCUT2D eigenvalue weighted by Crippen LogP contribution is -2.29. The van der Waals surface area contributed by atoms with Gasteiger partial charge in [0.1, 0.15) is 12.2 Å². The summed E-state index contributed by atoms with van der Waals surface area (Å²) in [7, 11) is 0. The number of anilines is 1. The number of rotatable bonds is 5. The van der Waals surface area contributed by atoms with E-state index in [-0.39, 0.29) is 5.83 Å². The predicted octanol–water partition coefficient (Wildman–Crippen LogP) is 5.17. The third-order valence-electron chi connectivity index (χ3n) is 6.11. The molecular formula is C24H22FN5. The minimum Gasteiger partial charge on any atom is -0.338 e. The molecule has 3 aliphatic rings. The van der Waals surface area contributed by atoms with E-state index in [0.29, 0.717) is 18.5 Å². The molecule has 5 nitrogen and oxygen atoms in total. The molecule has 0 spiro atoms. The lowest BCUT2D eigenvalue weighted by molar-refractivity contribution is 0.625. The number of halogens is 1. The van der Waals surface area contributed by atoms with Gasteiger partial charge in [0.05, 0.1) is 5.70 Å². The first-order valence-electron chi connectivity index (χ1n) is 10.6. The Bertz CT molecular complexity index is 1160. The van der Waals surface area contributed by atoms with Crippen molar-refractivity contribution in [3.63, 3.8) is 0 Å². The second kappa shape index (κ2) is 6.90. The van der Waals surface area contributed by atoms with Crippen LogP contribution in [0.5, 0.6) is 0 Å². The van der Waals surface area contributed by atoms with Crippen molar-refractivity contribution in [1.29, 1.82) is 0 Å². The SMILES string of the molecule is FC1=C(C2CC2)N(c2cccc(-c3nncn3C3CC3)c2)CC(c2ccncc2)=C1. The maximum atomic E-state index is 15.3. The van der Waals surface area contributed by atoms with Crippen LogP contribution in [0.1, 0.15) is 37.3 Å². The summed E-state index contributed by atoms with van der Waals surface area (Å²) >= 11 is 0. The van der Waals surface area contributed by atoms with Crippen LogP contribution in [-0.2, 0) is 0 Å². The van der Waals surface area contributed by atoms with Gasteiger partial charge in [0.15, 0.2) is 5.82 Å². The van der Waals surface area contributed by atoms with E-state index in [1.54, 1.807) is 18.5 Å². The summed E-state index contributed by atoms with van der Waals surface area (Å²) in [6, 6.07) is 12.7. The zero-order valence-electron chi connectivity index (χ0n) is 16.6. The molecule has 150 valence electrons. The van der Waals surface area contributed by atoms with E-state index in [2.05, 4.69) is 42.8 Å². The van der Waals surface area contributed by atoms with Gasteiger partial charge in [-0.25, -0.2) is 4.39 Å². The number of aromatic nitrogens is 4. The summed E-state index contributed by atoms with van der Waals surface area (Å²) in [5.74, 6) is 1.07. The summed E-state index contributed by atoms with van der Waals surface area (Å²) in [4.78, 5) is 6.24. The molecule has 6 rings (SSSR count). The first kappa shape index (κ1) is 17.6. The molecule has 30 heavy (non-hydrogen) atoms. The van der Waals surface area contributed by atoms with Crippen molar-refractivity contribution in [2.24, 2.45) is 5.92 Å². The number of hydrogen-bond donors (Lipinski definition) is 0. The Hall–Kier alpha value is -3.28. The normalized spacial score (nSPS) is 19.2. The summed E-state index contributed by atoms with van der Waals surface area (Å²) < 4.78 is 17.4. The Morgan fingerprint density at radius 2 is 1.80 bits per heavy atom. The van der Waals surface area contributed by atoms with Crippen molar-refractivity contribution in [1.82, 2.24) is 19.7 Å². The molecule has 0 bridgehead atoms. The Kier molecular flexibility index (Phi) is 4.04. The van der Waals surface area contributed by atoms with Crippen LogP contribution in [0.15, 0.2) is 72.7 Å². The van der Waals surface area contributed by atoms with Gasteiger partial charge in [0.25, 0.3) is 0 Å². The van der Waals surface area contributed by atoms with Crippen LogP contribution in [0.4, 0.5) is 10.1 Å². The van der Waals surface area contributed by atoms with Crippen LogP contribution in [0.2, 0.25) is 0 Å². The van der Waals surface area contributed by atoms with Gasteiger partial charge in [0, 0.05) is 42.1 Å². The van der Waals surface area contributed by atoms with Crippen molar-refractivity contribution >= 4 is 11.3 Å². The molecule has 3 heterocycles. The van der Waals surface area contributed by atoms with Gasteiger partial charge in [0.2, 0.25) is 0 Å². The van der Waals surface area contributed by atoms with Crippen molar-refractivity contribution in [3.05, 3.63) is 78.3 Å². The Balaban J connectivity index is 1.40. The molecule has 0 unspecified atom stereocenters. The highest BCUT2D eigenvalue weighted by Crippen LogP contribution is 2.45. The molecule has 1 aliphatic heterocycles. The van der Waals surface area contributed by atoms with Crippen LogP contribution >= 0.6 is 0 Å². The van der Waals surface area contributed by atoms with E-state index < -0.39 is 0 Å². The van der Waals surface area contributed by atoms with Crippen LogP contribution < -0.4 is 4.90 Å². The van der Waals surface area contributed by atoms with E-state index >= 15 is 4.39 Å². The lowest BCUT2D eigenvalue weighted by Gasteiger charge is -2.32. The van der Waals surface area contributed by atoms with Crippen LogP contribution in [-0.4, -0.2) is 26.3 Å². The first-order valence-corrected chi connectivity index (χ1v) is 10.6. The molecule has 2 aliphatic carbocycles.